The second-order valence-corrected chi connectivity index (χ2v) is 7.33. The maximum Gasteiger partial charge on any atom is 0.253 e. The third-order valence-corrected chi connectivity index (χ3v) is 5.52. The Labute approximate surface area is 169 Å². The fourth-order valence-electron chi connectivity index (χ4n) is 3.64. The Morgan fingerprint density at radius 3 is 2.59 bits per heavy atom. The number of aromatic amines is 1. The van der Waals surface area contributed by atoms with Gasteiger partial charge in [0.15, 0.2) is 0 Å². The molecule has 0 spiro atoms. The molecule has 1 N–H and O–H groups in total. The van der Waals surface area contributed by atoms with Gasteiger partial charge < -0.3 is 9.74 Å². The molecule has 0 radical (unpaired) electrons. The minimum atomic E-state index is -0.00487. The Kier molecular flexibility index (Phi) is 4.62. The Bertz CT molecular complexity index is 1170. The number of hydrogen-bond donors (Lipinski definition) is 1. The number of benzene rings is 2. The van der Waals surface area contributed by atoms with E-state index >= 15 is 0 Å². The molecule has 0 bridgehead atoms. The first-order chi connectivity index (χ1) is 14.0. The third kappa shape index (κ3) is 3.26. The SMILES string of the molecule is [C-]#[N+]c1[nH]nc(-c2cc(C(=O)N3CC(c4ccc(C#N)cc4)C3)ccc2C)c1C. The number of aryl methyl sites for hydroxylation is 1. The minimum Gasteiger partial charge on any atom is -0.362 e. The van der Waals surface area contributed by atoms with Crippen molar-refractivity contribution in [2.45, 2.75) is 19.8 Å². The number of nitriles is 1. The Morgan fingerprint density at radius 2 is 1.97 bits per heavy atom. The van der Waals surface area contributed by atoms with Crippen LogP contribution in [0.3, 0.4) is 0 Å². The number of rotatable bonds is 3. The van der Waals surface area contributed by atoms with Gasteiger partial charge in [-0.3, -0.25) is 4.79 Å². The monoisotopic (exact) mass is 381 g/mol. The van der Waals surface area contributed by atoms with Crippen LogP contribution in [0.1, 0.15) is 38.5 Å². The first-order valence-electron chi connectivity index (χ1n) is 9.34. The van der Waals surface area contributed by atoms with Crippen LogP contribution in [0, 0.1) is 31.8 Å². The van der Waals surface area contributed by atoms with Crippen LogP contribution in [0.25, 0.3) is 16.1 Å². The fraction of sp³-hybridized carbons (Fsp3) is 0.217. The van der Waals surface area contributed by atoms with Crippen LogP contribution in [-0.2, 0) is 0 Å². The first kappa shape index (κ1) is 18.5. The molecule has 142 valence electrons. The van der Waals surface area contributed by atoms with Crippen molar-refractivity contribution in [1.29, 1.82) is 5.26 Å². The first-order valence-corrected chi connectivity index (χ1v) is 9.34. The van der Waals surface area contributed by atoms with Gasteiger partial charge >= 0.3 is 0 Å². The summed E-state index contributed by atoms with van der Waals surface area (Å²) in [4.78, 5) is 18.2. The van der Waals surface area contributed by atoms with Crippen molar-refractivity contribution in [2.24, 2.45) is 0 Å². The van der Waals surface area contributed by atoms with Crippen molar-refractivity contribution in [1.82, 2.24) is 15.1 Å². The number of aromatic nitrogens is 2. The molecule has 1 amide bonds. The van der Waals surface area contributed by atoms with E-state index in [1.165, 1.54) is 0 Å². The van der Waals surface area contributed by atoms with Crippen LogP contribution in [-0.4, -0.2) is 34.1 Å². The van der Waals surface area contributed by atoms with E-state index in [4.69, 9.17) is 11.8 Å². The Hall–Kier alpha value is -3.90. The predicted molar refractivity (Wildman–Crippen MR) is 110 cm³/mol. The highest BCUT2D eigenvalue weighted by atomic mass is 16.2. The summed E-state index contributed by atoms with van der Waals surface area (Å²) >= 11 is 0. The molecule has 0 aliphatic carbocycles. The average Bonchev–Trinajstić information content (AvgIpc) is 3.08. The molecule has 2 aromatic carbocycles. The molecule has 3 aromatic rings. The van der Waals surface area contributed by atoms with E-state index in [0.717, 1.165) is 22.3 Å². The van der Waals surface area contributed by atoms with Crippen molar-refractivity contribution in [3.05, 3.63) is 81.7 Å². The average molecular weight is 381 g/mol. The van der Waals surface area contributed by atoms with E-state index in [1.807, 2.05) is 61.2 Å². The smallest absolute Gasteiger partial charge is 0.253 e. The molecule has 6 heteroatoms. The zero-order valence-electron chi connectivity index (χ0n) is 16.2. The summed E-state index contributed by atoms with van der Waals surface area (Å²) in [5.74, 6) is 0.713. The van der Waals surface area contributed by atoms with Gasteiger partial charge in [0.25, 0.3) is 11.7 Å². The van der Waals surface area contributed by atoms with Crippen molar-refractivity contribution < 1.29 is 4.79 Å². The van der Waals surface area contributed by atoms with Gasteiger partial charge in [-0.15, -0.1) is 5.10 Å². The number of amides is 1. The molecule has 1 fully saturated rings. The highest BCUT2D eigenvalue weighted by Crippen LogP contribution is 2.32. The molecule has 29 heavy (non-hydrogen) atoms. The summed E-state index contributed by atoms with van der Waals surface area (Å²) in [5.41, 5.74) is 5.78. The quantitative estimate of drug-likeness (QED) is 0.685. The van der Waals surface area contributed by atoms with Crippen LogP contribution in [0.5, 0.6) is 0 Å². The van der Waals surface area contributed by atoms with E-state index in [-0.39, 0.29) is 5.91 Å². The van der Waals surface area contributed by atoms with Crippen LogP contribution in [0.4, 0.5) is 5.82 Å². The number of nitrogens with one attached hydrogen (secondary N) is 1. The Balaban J connectivity index is 1.52. The van der Waals surface area contributed by atoms with E-state index in [1.54, 1.807) is 0 Å². The van der Waals surface area contributed by atoms with Gasteiger partial charge in [-0.2, -0.15) is 5.26 Å². The zero-order valence-corrected chi connectivity index (χ0v) is 16.2. The van der Waals surface area contributed by atoms with Gasteiger partial charge in [-0.1, -0.05) is 24.8 Å². The van der Waals surface area contributed by atoms with Gasteiger partial charge in [0.05, 0.1) is 11.6 Å². The standard InChI is InChI=1S/C23H19N5O/c1-14-4-7-18(10-20(14)21-15(2)22(25-3)27-26-21)23(29)28-12-19(13-28)17-8-5-16(11-24)6-9-17/h4-10,19H,12-13H2,1-2H3,(H,26,27). The highest BCUT2D eigenvalue weighted by molar-refractivity contribution is 5.96. The number of hydrogen-bond acceptors (Lipinski definition) is 3. The highest BCUT2D eigenvalue weighted by Gasteiger charge is 2.32. The van der Waals surface area contributed by atoms with E-state index < -0.39 is 0 Å². The number of likely N-dealkylation sites (tertiary alicyclic amines) is 1. The third-order valence-electron chi connectivity index (χ3n) is 5.52. The number of H-pyrrole nitrogens is 1. The molecule has 0 atom stereocenters. The van der Waals surface area contributed by atoms with Crippen molar-refractivity contribution in [3.63, 3.8) is 0 Å². The summed E-state index contributed by atoms with van der Waals surface area (Å²) < 4.78 is 0. The van der Waals surface area contributed by atoms with Crippen LogP contribution < -0.4 is 0 Å². The summed E-state index contributed by atoms with van der Waals surface area (Å²) in [6.07, 6.45) is 0. The lowest BCUT2D eigenvalue weighted by Gasteiger charge is -2.39. The lowest BCUT2D eigenvalue weighted by molar-refractivity contribution is 0.0602. The molecule has 1 aliphatic heterocycles. The van der Waals surface area contributed by atoms with Crippen molar-refractivity contribution in [2.75, 3.05) is 13.1 Å². The van der Waals surface area contributed by atoms with Crippen molar-refractivity contribution in [3.8, 4) is 17.3 Å². The van der Waals surface area contributed by atoms with Gasteiger partial charge in [0, 0.05) is 35.7 Å². The molecule has 0 saturated carbocycles. The molecular weight excluding hydrogens is 362 g/mol. The summed E-state index contributed by atoms with van der Waals surface area (Å²) in [6, 6.07) is 15.3. The van der Waals surface area contributed by atoms with Crippen LogP contribution >= 0.6 is 0 Å². The maximum atomic E-state index is 13.0. The van der Waals surface area contributed by atoms with E-state index in [0.29, 0.717) is 41.6 Å². The summed E-state index contributed by atoms with van der Waals surface area (Å²) in [6.45, 7) is 12.4. The minimum absolute atomic E-state index is 0.00487. The molecule has 4 rings (SSSR count). The lowest BCUT2D eigenvalue weighted by atomic mass is 9.90. The van der Waals surface area contributed by atoms with Gasteiger partial charge in [0.1, 0.15) is 5.69 Å². The van der Waals surface area contributed by atoms with E-state index in [9.17, 15) is 4.79 Å². The molecule has 1 aromatic heterocycles. The molecule has 6 nitrogen and oxygen atoms in total. The van der Waals surface area contributed by atoms with Gasteiger partial charge in [0.2, 0.25) is 0 Å². The zero-order chi connectivity index (χ0) is 20.5. The normalized spacial score (nSPS) is 13.4. The van der Waals surface area contributed by atoms with Gasteiger partial charge in [-0.25, -0.2) is 5.10 Å². The molecular formula is C23H19N5O. The van der Waals surface area contributed by atoms with Crippen LogP contribution in [0.15, 0.2) is 42.5 Å². The number of carbonyl (C=O) groups is 1. The summed E-state index contributed by atoms with van der Waals surface area (Å²) in [7, 11) is 0. The van der Waals surface area contributed by atoms with Crippen molar-refractivity contribution >= 4 is 11.7 Å². The topological polar surface area (TPSA) is 77.1 Å². The molecule has 1 aliphatic rings. The lowest BCUT2D eigenvalue weighted by Crippen LogP contribution is -2.48. The fourth-order valence-corrected chi connectivity index (χ4v) is 3.64. The second kappa shape index (κ2) is 7.26. The maximum absolute atomic E-state index is 13.0. The summed E-state index contributed by atoms with van der Waals surface area (Å²) in [5, 5.41) is 15.9. The van der Waals surface area contributed by atoms with Crippen LogP contribution in [0.2, 0.25) is 0 Å². The second-order valence-electron chi connectivity index (χ2n) is 7.33. The largest absolute Gasteiger partial charge is 0.362 e. The Morgan fingerprint density at radius 1 is 1.24 bits per heavy atom. The molecule has 1 saturated heterocycles. The number of carbonyl (C=O) groups excluding carboxylic acids is 1. The van der Waals surface area contributed by atoms with E-state index in [2.05, 4.69) is 21.1 Å². The molecule has 2 heterocycles. The molecule has 0 unspecified atom stereocenters. The van der Waals surface area contributed by atoms with Gasteiger partial charge in [-0.05, 0) is 49.2 Å². The predicted octanol–water partition coefficient (Wildman–Crippen LogP) is 4.36. The number of nitrogens with zero attached hydrogens (tertiary/aromatic N) is 4.